The van der Waals surface area contributed by atoms with E-state index in [1.54, 1.807) is 35.4 Å². The van der Waals surface area contributed by atoms with E-state index in [4.69, 9.17) is 38.7 Å². The summed E-state index contributed by atoms with van der Waals surface area (Å²) in [4.78, 5) is 28.2. The minimum absolute atomic E-state index is 0.157. The maximum atomic E-state index is 9.96. The Kier molecular flexibility index (Phi) is 13.3. The molecule has 11 heteroatoms. The van der Waals surface area contributed by atoms with E-state index in [9.17, 15) is 4.79 Å². The van der Waals surface area contributed by atoms with Crippen LogP contribution in [0.15, 0.2) is 30.3 Å². The molecule has 3 rings (SSSR count). The Balaban J connectivity index is 0.000000476. The fourth-order valence-corrected chi connectivity index (χ4v) is 3.54. The van der Waals surface area contributed by atoms with Crippen molar-refractivity contribution in [2.75, 3.05) is 42.1 Å². The summed E-state index contributed by atoms with van der Waals surface area (Å²) in [6.07, 6.45) is 2.32. The van der Waals surface area contributed by atoms with Crippen molar-refractivity contribution in [1.82, 2.24) is 5.32 Å². The van der Waals surface area contributed by atoms with Crippen LogP contribution in [0.5, 0.6) is 23.0 Å². The van der Waals surface area contributed by atoms with Gasteiger partial charge in [0.1, 0.15) is 0 Å². The zero-order valence-electron chi connectivity index (χ0n) is 22.0. The Hall–Kier alpha value is -3.99. The van der Waals surface area contributed by atoms with Gasteiger partial charge in [0.15, 0.2) is 23.0 Å². The number of fused-ring (bicyclic) bond motifs is 1. The van der Waals surface area contributed by atoms with Crippen molar-refractivity contribution in [3.05, 3.63) is 47.0 Å². The second-order valence-electron chi connectivity index (χ2n) is 7.60. The Morgan fingerprint density at radius 2 is 1.38 bits per heavy atom. The number of carboxylic acids is 2. The predicted molar refractivity (Wildman–Crippen MR) is 135 cm³/mol. The van der Waals surface area contributed by atoms with Crippen LogP contribution in [0.4, 0.5) is 0 Å². The Bertz CT molecular complexity index is 1040. The number of methoxy groups -OCH3 is 5. The molecule has 1 heterocycles. The quantitative estimate of drug-likeness (QED) is 0.364. The molecule has 1 unspecified atom stereocenters. The standard InChI is InChI=1S/C20H25NO4.C4H8O2.C2H2O4/c1-22-17-6-5-13(10-18(17)23-2)9-16-15-12-20(25-4)19(24-3)11-14(15)7-8-21-16;1-3-4(5)6-2;3-1(4)2(5)6/h5-6,10-12,16,21H,7-9H2,1-4H3;3H2,1-2H3;(H,3,4)(H,5,6). The SMILES string of the molecule is CCC(=O)OC.COc1ccc(CC2NCCc3cc(OC)c(OC)cc32)cc1OC.O=C(O)C(=O)O. The maximum absolute atomic E-state index is 9.96. The molecule has 11 nitrogen and oxygen atoms in total. The molecule has 2 aromatic rings. The van der Waals surface area contributed by atoms with Gasteiger partial charge in [-0.15, -0.1) is 0 Å². The van der Waals surface area contributed by atoms with Gasteiger partial charge in [-0.1, -0.05) is 13.0 Å². The Labute approximate surface area is 216 Å². The van der Waals surface area contributed by atoms with Gasteiger partial charge in [-0.3, -0.25) is 4.79 Å². The predicted octanol–water partition coefficient (Wildman–Crippen LogP) is 2.88. The van der Waals surface area contributed by atoms with Gasteiger partial charge in [-0.2, -0.15) is 0 Å². The second kappa shape index (κ2) is 15.9. The van der Waals surface area contributed by atoms with E-state index < -0.39 is 11.9 Å². The lowest BCUT2D eigenvalue weighted by Crippen LogP contribution is -2.31. The number of nitrogens with one attached hydrogen (secondary N) is 1. The summed E-state index contributed by atoms with van der Waals surface area (Å²) in [5.74, 6) is -0.756. The first-order chi connectivity index (χ1) is 17.6. The lowest BCUT2D eigenvalue weighted by Gasteiger charge is -2.28. The third-order valence-corrected chi connectivity index (χ3v) is 5.39. The molecule has 0 aliphatic carbocycles. The van der Waals surface area contributed by atoms with Gasteiger partial charge in [0.2, 0.25) is 0 Å². The molecule has 0 fully saturated rings. The van der Waals surface area contributed by atoms with Crippen LogP contribution in [-0.2, 0) is 32.0 Å². The highest BCUT2D eigenvalue weighted by molar-refractivity contribution is 6.27. The first kappa shape index (κ1) is 31.0. The fraction of sp³-hybridized carbons (Fsp3) is 0.423. The monoisotopic (exact) mass is 521 g/mol. The first-order valence-corrected chi connectivity index (χ1v) is 11.4. The summed E-state index contributed by atoms with van der Waals surface area (Å²) < 4.78 is 25.9. The van der Waals surface area contributed by atoms with E-state index in [0.717, 1.165) is 42.4 Å². The molecule has 2 aromatic carbocycles. The summed E-state index contributed by atoms with van der Waals surface area (Å²) in [7, 11) is 8.03. The van der Waals surface area contributed by atoms with Crippen LogP contribution in [0, 0.1) is 0 Å². The molecule has 37 heavy (non-hydrogen) atoms. The van der Waals surface area contributed by atoms with Crippen LogP contribution in [0.3, 0.4) is 0 Å². The normalized spacial score (nSPS) is 13.3. The van der Waals surface area contributed by atoms with Crippen LogP contribution >= 0.6 is 0 Å². The molecule has 3 N–H and O–H groups in total. The van der Waals surface area contributed by atoms with Crippen molar-refractivity contribution >= 4 is 17.9 Å². The van der Waals surface area contributed by atoms with E-state index in [0.29, 0.717) is 6.42 Å². The zero-order valence-corrected chi connectivity index (χ0v) is 22.0. The average Bonchev–Trinajstić information content (AvgIpc) is 2.92. The van der Waals surface area contributed by atoms with Crippen molar-refractivity contribution in [2.45, 2.75) is 32.2 Å². The lowest BCUT2D eigenvalue weighted by atomic mass is 9.89. The number of benzene rings is 2. The summed E-state index contributed by atoms with van der Waals surface area (Å²) in [5, 5.41) is 18.4. The van der Waals surface area contributed by atoms with Gasteiger partial charge in [0, 0.05) is 12.5 Å². The van der Waals surface area contributed by atoms with E-state index in [-0.39, 0.29) is 12.0 Å². The minimum Gasteiger partial charge on any atom is -0.493 e. The molecule has 1 aliphatic rings. The van der Waals surface area contributed by atoms with Crippen LogP contribution in [0.2, 0.25) is 0 Å². The zero-order chi connectivity index (χ0) is 28.0. The molecule has 0 saturated heterocycles. The number of aliphatic carboxylic acids is 2. The van der Waals surface area contributed by atoms with Gasteiger partial charge in [-0.25, -0.2) is 9.59 Å². The van der Waals surface area contributed by atoms with Crippen LogP contribution in [0.25, 0.3) is 0 Å². The minimum atomic E-state index is -1.82. The number of ether oxygens (including phenoxy) is 5. The molecule has 1 atom stereocenters. The van der Waals surface area contributed by atoms with Gasteiger partial charge < -0.3 is 39.2 Å². The van der Waals surface area contributed by atoms with E-state index in [1.165, 1.54) is 23.8 Å². The number of rotatable bonds is 7. The van der Waals surface area contributed by atoms with Crippen LogP contribution < -0.4 is 24.3 Å². The Morgan fingerprint density at radius 1 is 0.838 bits per heavy atom. The maximum Gasteiger partial charge on any atom is 0.414 e. The molecule has 0 aromatic heterocycles. The molecule has 0 radical (unpaired) electrons. The number of carbonyl (C=O) groups excluding carboxylic acids is 1. The third kappa shape index (κ3) is 9.53. The van der Waals surface area contributed by atoms with Crippen molar-refractivity contribution in [3.8, 4) is 23.0 Å². The molecular weight excluding hydrogens is 486 g/mol. The average molecular weight is 522 g/mol. The lowest BCUT2D eigenvalue weighted by molar-refractivity contribution is -0.159. The first-order valence-electron chi connectivity index (χ1n) is 11.4. The van der Waals surface area contributed by atoms with Crippen molar-refractivity contribution in [1.29, 1.82) is 0 Å². The topological polar surface area (TPSA) is 150 Å². The highest BCUT2D eigenvalue weighted by Crippen LogP contribution is 2.37. The molecule has 0 bridgehead atoms. The largest absolute Gasteiger partial charge is 0.493 e. The molecule has 0 amide bonds. The molecule has 1 aliphatic heterocycles. The number of hydrogen-bond acceptors (Lipinski definition) is 9. The summed E-state index contributed by atoms with van der Waals surface area (Å²) >= 11 is 0. The van der Waals surface area contributed by atoms with Crippen molar-refractivity contribution in [3.63, 3.8) is 0 Å². The van der Waals surface area contributed by atoms with Gasteiger partial charge in [-0.05, 0) is 60.3 Å². The molecule has 0 saturated carbocycles. The van der Waals surface area contributed by atoms with Gasteiger partial charge in [0.05, 0.1) is 35.5 Å². The smallest absolute Gasteiger partial charge is 0.414 e. The van der Waals surface area contributed by atoms with Crippen molar-refractivity contribution in [2.24, 2.45) is 0 Å². The Morgan fingerprint density at radius 3 is 1.84 bits per heavy atom. The third-order valence-electron chi connectivity index (χ3n) is 5.39. The fourth-order valence-electron chi connectivity index (χ4n) is 3.54. The van der Waals surface area contributed by atoms with E-state index in [2.05, 4.69) is 28.3 Å². The number of esters is 1. The highest BCUT2D eigenvalue weighted by atomic mass is 16.5. The highest BCUT2D eigenvalue weighted by Gasteiger charge is 2.23. The summed E-state index contributed by atoms with van der Waals surface area (Å²) in [5.41, 5.74) is 3.76. The van der Waals surface area contributed by atoms with Crippen LogP contribution in [0.1, 0.15) is 36.1 Å². The molecule has 204 valence electrons. The van der Waals surface area contributed by atoms with Crippen molar-refractivity contribution < 1.29 is 48.3 Å². The molecular formula is C26H35NO10. The number of carbonyl (C=O) groups is 3. The summed E-state index contributed by atoms with van der Waals surface area (Å²) in [6, 6.07) is 10.5. The number of carboxylic acid groups (broad SMARTS) is 2. The van der Waals surface area contributed by atoms with Gasteiger partial charge >= 0.3 is 17.9 Å². The van der Waals surface area contributed by atoms with E-state index in [1.807, 2.05) is 12.1 Å². The van der Waals surface area contributed by atoms with E-state index >= 15 is 0 Å². The second-order valence-corrected chi connectivity index (χ2v) is 7.60. The summed E-state index contributed by atoms with van der Waals surface area (Å²) in [6.45, 7) is 2.70. The number of hydrogen-bond donors (Lipinski definition) is 3. The van der Waals surface area contributed by atoms with Crippen LogP contribution in [-0.4, -0.2) is 70.2 Å². The molecule has 0 spiro atoms. The van der Waals surface area contributed by atoms with Gasteiger partial charge in [0.25, 0.3) is 0 Å².